The van der Waals surface area contributed by atoms with Crippen molar-refractivity contribution < 1.29 is 45.6 Å². The van der Waals surface area contributed by atoms with Gasteiger partial charge in [0.1, 0.15) is 12.1 Å². The smallest absolute Gasteiger partial charge is 0.255 e. The first-order valence-electron chi connectivity index (χ1n) is 15.5. The van der Waals surface area contributed by atoms with Crippen molar-refractivity contribution in [2.75, 3.05) is 11.5 Å². The summed E-state index contributed by atoms with van der Waals surface area (Å²) < 4.78 is 47.0. The molecule has 14 nitrogen and oxygen atoms in total. The van der Waals surface area contributed by atoms with Crippen LogP contribution in [-0.4, -0.2) is 85.7 Å². The number of nitrogens with one attached hydrogen (secondary N) is 2. The fraction of sp³-hybridized carbons (Fsp3) is 0.455. The van der Waals surface area contributed by atoms with Gasteiger partial charge in [-0.25, -0.2) is 16.8 Å². The summed E-state index contributed by atoms with van der Waals surface area (Å²) in [6.45, 7) is 3.75. The van der Waals surface area contributed by atoms with Crippen molar-refractivity contribution in [2.24, 2.45) is 0 Å². The van der Waals surface area contributed by atoms with Gasteiger partial charge < -0.3 is 9.80 Å². The minimum atomic E-state index is -3.18. The average Bonchev–Trinajstić information content (AvgIpc) is 3.52. The number of carbonyl (C=O) groups excluding carboxylic acids is 6. The van der Waals surface area contributed by atoms with Crippen LogP contribution < -0.4 is 10.6 Å². The summed E-state index contributed by atoms with van der Waals surface area (Å²) >= 11 is 0. The molecule has 6 amide bonds. The van der Waals surface area contributed by atoms with Gasteiger partial charge in [-0.15, -0.1) is 0 Å². The number of rotatable bonds is 8. The molecule has 16 heteroatoms. The van der Waals surface area contributed by atoms with Gasteiger partial charge in [0.25, 0.3) is 11.8 Å². The molecule has 4 heterocycles. The first-order valence-corrected chi connectivity index (χ1v) is 19.2. The van der Waals surface area contributed by atoms with Gasteiger partial charge in [0.05, 0.1) is 11.5 Å². The Kier molecular flexibility index (Phi) is 11.1. The zero-order chi connectivity index (χ0) is 35.0. The van der Waals surface area contributed by atoms with E-state index >= 15 is 0 Å². The molecule has 264 valence electrons. The molecule has 0 spiro atoms. The number of fused-ring (bicyclic) bond motifs is 2. The van der Waals surface area contributed by atoms with E-state index in [2.05, 4.69) is 10.6 Å². The Bertz CT molecular complexity index is 1800. The number of amides is 6. The number of nitrogens with zero attached hydrogens (tertiary/aromatic N) is 2. The van der Waals surface area contributed by atoms with Gasteiger partial charge in [0.15, 0.2) is 19.7 Å². The third-order valence-corrected chi connectivity index (χ3v) is 12.1. The van der Waals surface area contributed by atoms with Crippen LogP contribution in [0.3, 0.4) is 0 Å². The highest BCUT2D eigenvalue weighted by molar-refractivity contribution is 7.90. The molecule has 0 saturated carbocycles. The van der Waals surface area contributed by atoms with Crippen molar-refractivity contribution >= 4 is 55.1 Å². The van der Waals surface area contributed by atoms with Gasteiger partial charge in [-0.2, -0.15) is 0 Å². The average molecular weight is 717 g/mol. The Hall–Kier alpha value is -4.44. The quantitative estimate of drug-likeness (QED) is 0.376. The predicted molar refractivity (Wildman–Crippen MR) is 178 cm³/mol. The van der Waals surface area contributed by atoms with Gasteiger partial charge in [0, 0.05) is 48.6 Å². The maximum Gasteiger partial charge on any atom is 0.255 e. The van der Waals surface area contributed by atoms with Crippen molar-refractivity contribution in [3.05, 3.63) is 69.8 Å². The molecular weight excluding hydrogens is 677 g/mol. The molecule has 2 aromatic carbocycles. The van der Waals surface area contributed by atoms with E-state index in [4.69, 9.17) is 0 Å². The molecule has 0 aromatic heterocycles. The van der Waals surface area contributed by atoms with E-state index in [0.29, 0.717) is 48.2 Å². The first kappa shape index (κ1) is 37.4. The van der Waals surface area contributed by atoms with Crippen LogP contribution in [0.4, 0.5) is 0 Å². The van der Waals surface area contributed by atoms with Crippen LogP contribution >= 0.6 is 0 Å². The number of piperidine rings is 2. The van der Waals surface area contributed by atoms with Crippen LogP contribution in [0.2, 0.25) is 0 Å². The Balaban J connectivity index is 0.000000216. The zero-order valence-corrected chi connectivity index (χ0v) is 28.1. The summed E-state index contributed by atoms with van der Waals surface area (Å²) in [6.07, 6.45) is 1.02. The predicted octanol–water partition coefficient (Wildman–Crippen LogP) is 1.40. The monoisotopic (exact) mass is 716 g/mol. The van der Waals surface area contributed by atoms with E-state index in [1.165, 1.54) is 9.80 Å². The fourth-order valence-corrected chi connectivity index (χ4v) is 7.88. The molecule has 2 atom stereocenters. The Morgan fingerprint density at radius 1 is 0.633 bits per heavy atom. The lowest BCUT2D eigenvalue weighted by atomic mass is 10.0. The number of hydrogen-bond donors (Lipinski definition) is 2. The van der Waals surface area contributed by atoms with E-state index in [1.807, 2.05) is 0 Å². The zero-order valence-electron chi connectivity index (χ0n) is 26.5. The van der Waals surface area contributed by atoms with Crippen molar-refractivity contribution in [1.82, 2.24) is 20.4 Å². The summed E-state index contributed by atoms with van der Waals surface area (Å²) in [5.41, 5.74) is 3.53. The highest BCUT2D eigenvalue weighted by atomic mass is 32.2. The molecule has 0 bridgehead atoms. The third-order valence-electron chi connectivity index (χ3n) is 8.84. The second-order valence-electron chi connectivity index (χ2n) is 12.1. The highest BCUT2D eigenvalue weighted by Crippen LogP contribution is 2.30. The van der Waals surface area contributed by atoms with Gasteiger partial charge in [-0.3, -0.25) is 39.4 Å². The van der Waals surface area contributed by atoms with Crippen LogP contribution in [0.15, 0.2) is 36.4 Å². The summed E-state index contributed by atoms with van der Waals surface area (Å²) in [6, 6.07) is 8.74. The molecule has 2 fully saturated rings. The van der Waals surface area contributed by atoms with Crippen LogP contribution in [0.5, 0.6) is 0 Å². The maximum atomic E-state index is 12.6. The van der Waals surface area contributed by atoms with Gasteiger partial charge >= 0.3 is 0 Å². The van der Waals surface area contributed by atoms with E-state index in [1.54, 1.807) is 50.2 Å². The molecule has 0 aliphatic carbocycles. The second kappa shape index (κ2) is 14.6. The van der Waals surface area contributed by atoms with E-state index in [9.17, 15) is 45.6 Å². The van der Waals surface area contributed by atoms with Crippen LogP contribution in [-0.2, 0) is 63.4 Å². The minimum absolute atomic E-state index is 0. The molecule has 0 radical (unpaired) electrons. The normalized spacial score (nSPS) is 20.5. The number of imide groups is 2. The summed E-state index contributed by atoms with van der Waals surface area (Å²) in [4.78, 5) is 74.6. The molecule has 2 unspecified atom stereocenters. The van der Waals surface area contributed by atoms with Crippen LogP contribution in [0.25, 0.3) is 0 Å². The fourth-order valence-electron chi connectivity index (χ4n) is 6.10. The standard InChI is InChI=1S/2C16H18N2O5S.CH4/c2*1-2-24(22,23)9-10-3-4-11-8-18(16(21)12(11)7-10)13-5-6-14(19)17-15(13)20;/h2*3-4,7,13H,2,5-6,8-9H2,1H3,(H,17,19,20);1H4. The molecule has 2 aromatic rings. The number of hydrogen-bond acceptors (Lipinski definition) is 10. The third kappa shape index (κ3) is 8.24. The molecule has 2 N–H and O–H groups in total. The molecular formula is C33H40N4O10S2. The van der Waals surface area contributed by atoms with E-state index in [-0.39, 0.29) is 66.9 Å². The molecule has 6 rings (SSSR count). The van der Waals surface area contributed by atoms with E-state index < -0.39 is 43.6 Å². The Morgan fingerprint density at radius 2 is 1.00 bits per heavy atom. The van der Waals surface area contributed by atoms with E-state index in [0.717, 1.165) is 11.1 Å². The summed E-state index contributed by atoms with van der Waals surface area (Å²) in [7, 11) is -6.37. The number of carbonyl (C=O) groups is 6. The topological polar surface area (TPSA) is 201 Å². The molecule has 2 saturated heterocycles. The second-order valence-corrected chi connectivity index (χ2v) is 16.8. The van der Waals surface area contributed by atoms with Crippen molar-refractivity contribution in [2.45, 2.75) is 83.6 Å². The van der Waals surface area contributed by atoms with Gasteiger partial charge in [-0.05, 0) is 47.2 Å². The molecule has 4 aliphatic rings. The van der Waals surface area contributed by atoms with Crippen molar-refractivity contribution in [3.8, 4) is 0 Å². The van der Waals surface area contributed by atoms with Gasteiger partial charge in [0.2, 0.25) is 23.6 Å². The first-order chi connectivity index (χ1) is 22.6. The highest BCUT2D eigenvalue weighted by Gasteiger charge is 2.40. The number of benzene rings is 2. The lowest BCUT2D eigenvalue weighted by Gasteiger charge is -2.29. The molecule has 4 aliphatic heterocycles. The largest absolute Gasteiger partial charge is 0.322 e. The minimum Gasteiger partial charge on any atom is -0.322 e. The SMILES string of the molecule is C.CCS(=O)(=O)Cc1ccc2c(c1)C(=O)N(C1CCC(=O)NC1=O)C2.CCS(=O)(=O)Cc1ccc2c(c1)C(=O)N(C1CCC(=O)NC1=O)C2. The summed E-state index contributed by atoms with van der Waals surface area (Å²) in [5.74, 6) is -2.29. The maximum absolute atomic E-state index is 12.6. The lowest BCUT2D eigenvalue weighted by molar-refractivity contribution is -0.138. The Morgan fingerprint density at radius 3 is 1.33 bits per heavy atom. The molecule has 49 heavy (non-hydrogen) atoms. The Labute approximate surface area is 285 Å². The van der Waals surface area contributed by atoms with Crippen LogP contribution in [0.1, 0.15) is 89.9 Å². The van der Waals surface area contributed by atoms with Gasteiger partial charge in [-0.1, -0.05) is 45.5 Å². The van der Waals surface area contributed by atoms with Crippen molar-refractivity contribution in [1.29, 1.82) is 0 Å². The number of sulfone groups is 2. The van der Waals surface area contributed by atoms with Crippen molar-refractivity contribution in [3.63, 3.8) is 0 Å². The van der Waals surface area contributed by atoms with Crippen LogP contribution in [0, 0.1) is 0 Å². The lowest BCUT2D eigenvalue weighted by Crippen LogP contribution is -2.52. The summed E-state index contributed by atoms with van der Waals surface area (Å²) in [5, 5.41) is 4.51.